The van der Waals surface area contributed by atoms with Crippen molar-refractivity contribution in [2.45, 2.75) is 19.4 Å². The molecule has 0 aromatic carbocycles. The second kappa shape index (κ2) is 10.0. The lowest BCUT2D eigenvalue weighted by Gasteiger charge is -2.37. The number of pyridine rings is 2. The van der Waals surface area contributed by atoms with E-state index >= 15 is 0 Å². The fourth-order valence-electron chi connectivity index (χ4n) is 5.61. The summed E-state index contributed by atoms with van der Waals surface area (Å²) in [7, 11) is 3.60. The summed E-state index contributed by atoms with van der Waals surface area (Å²) in [5, 5.41) is 18.7. The first-order chi connectivity index (χ1) is 18.9. The summed E-state index contributed by atoms with van der Waals surface area (Å²) in [5.41, 5.74) is 5.96. The minimum Gasteiger partial charge on any atom is -0.380 e. The summed E-state index contributed by atoms with van der Waals surface area (Å²) in [6, 6.07) is 8.49. The second-order valence-electron chi connectivity index (χ2n) is 10.2. The number of rotatable bonds is 4. The maximum Gasteiger partial charge on any atom is 0.320 e. The van der Waals surface area contributed by atoms with Crippen molar-refractivity contribution in [3.63, 3.8) is 0 Å². The van der Waals surface area contributed by atoms with Gasteiger partial charge in [-0.05, 0) is 31.5 Å². The average molecular weight is 526 g/mol. The van der Waals surface area contributed by atoms with Gasteiger partial charge in [-0.1, -0.05) is 0 Å². The third kappa shape index (κ3) is 4.57. The van der Waals surface area contributed by atoms with E-state index in [4.69, 9.17) is 9.72 Å². The summed E-state index contributed by atoms with van der Waals surface area (Å²) in [6.45, 7) is 6.16. The number of fused-ring (bicyclic) bond motifs is 1. The van der Waals surface area contributed by atoms with Gasteiger partial charge in [-0.25, -0.2) is 14.3 Å². The molecule has 0 saturated carbocycles. The Morgan fingerprint density at radius 3 is 2.51 bits per heavy atom. The van der Waals surface area contributed by atoms with Gasteiger partial charge in [-0.2, -0.15) is 15.5 Å². The summed E-state index contributed by atoms with van der Waals surface area (Å²) in [6.07, 6.45) is 8.40. The Morgan fingerprint density at radius 2 is 1.87 bits per heavy atom. The average Bonchev–Trinajstić information content (AvgIpc) is 3.70. The van der Waals surface area contributed by atoms with E-state index in [-0.39, 0.29) is 12.1 Å². The maximum absolute atomic E-state index is 12.9. The van der Waals surface area contributed by atoms with E-state index in [9.17, 15) is 10.1 Å². The number of anilines is 1. The van der Waals surface area contributed by atoms with Crippen LogP contribution in [0.3, 0.4) is 0 Å². The van der Waals surface area contributed by atoms with Crippen LogP contribution in [0.2, 0.25) is 0 Å². The van der Waals surface area contributed by atoms with Crippen LogP contribution in [0.4, 0.5) is 10.6 Å². The van der Waals surface area contributed by atoms with Crippen molar-refractivity contribution in [2.75, 3.05) is 51.3 Å². The SMILES string of the molecule is COC1CCN(C(=O)N2CCN(c3ccc(-c4cc(-c5cn(C)nc5C)cn5ncc(C#N)c45)cn3)CC2)C1. The molecule has 4 aromatic heterocycles. The molecule has 39 heavy (non-hydrogen) atoms. The van der Waals surface area contributed by atoms with Crippen molar-refractivity contribution in [1.82, 2.24) is 34.2 Å². The van der Waals surface area contributed by atoms with Crippen LogP contribution in [0.15, 0.2) is 43.0 Å². The number of hydrogen-bond donors (Lipinski definition) is 0. The lowest BCUT2D eigenvalue weighted by Crippen LogP contribution is -2.52. The molecule has 0 bridgehead atoms. The van der Waals surface area contributed by atoms with Crippen LogP contribution >= 0.6 is 0 Å². The van der Waals surface area contributed by atoms with Gasteiger partial charge < -0.3 is 19.4 Å². The van der Waals surface area contributed by atoms with Crippen LogP contribution < -0.4 is 4.90 Å². The van der Waals surface area contributed by atoms with Crippen LogP contribution in [0.1, 0.15) is 17.7 Å². The second-order valence-corrected chi connectivity index (χ2v) is 10.2. The highest BCUT2D eigenvalue weighted by atomic mass is 16.5. The van der Waals surface area contributed by atoms with E-state index in [1.807, 2.05) is 54.5 Å². The fraction of sp³-hybridized carbons (Fsp3) is 0.393. The van der Waals surface area contributed by atoms with E-state index in [0.29, 0.717) is 25.2 Å². The zero-order chi connectivity index (χ0) is 27.1. The van der Waals surface area contributed by atoms with Crippen molar-refractivity contribution in [3.05, 3.63) is 54.2 Å². The summed E-state index contributed by atoms with van der Waals surface area (Å²) < 4.78 is 8.96. The van der Waals surface area contributed by atoms with Gasteiger partial charge in [-0.15, -0.1) is 0 Å². The zero-order valence-corrected chi connectivity index (χ0v) is 22.4. The third-order valence-corrected chi connectivity index (χ3v) is 7.74. The Morgan fingerprint density at radius 1 is 1.05 bits per heavy atom. The number of carbonyl (C=O) groups is 1. The Labute approximate surface area is 226 Å². The number of likely N-dealkylation sites (tertiary alicyclic amines) is 1. The molecule has 2 aliphatic heterocycles. The summed E-state index contributed by atoms with van der Waals surface area (Å²) in [4.78, 5) is 23.7. The van der Waals surface area contributed by atoms with E-state index in [0.717, 1.165) is 65.3 Å². The van der Waals surface area contributed by atoms with Gasteiger partial charge >= 0.3 is 6.03 Å². The topological polar surface area (TPSA) is 108 Å². The van der Waals surface area contributed by atoms with Crippen LogP contribution in [0.25, 0.3) is 27.8 Å². The van der Waals surface area contributed by atoms with Crippen molar-refractivity contribution in [3.8, 4) is 28.3 Å². The first-order valence-corrected chi connectivity index (χ1v) is 13.1. The molecule has 0 spiro atoms. The maximum atomic E-state index is 12.9. The van der Waals surface area contributed by atoms with Gasteiger partial charge in [0.2, 0.25) is 0 Å². The van der Waals surface area contributed by atoms with E-state index in [1.165, 1.54) is 0 Å². The first-order valence-electron chi connectivity index (χ1n) is 13.1. The number of methoxy groups -OCH3 is 1. The monoisotopic (exact) mass is 525 g/mol. The Balaban J connectivity index is 1.22. The summed E-state index contributed by atoms with van der Waals surface area (Å²) >= 11 is 0. The number of carbonyl (C=O) groups excluding carboxylic acids is 1. The molecule has 4 aromatic rings. The Hall–Kier alpha value is -4.43. The van der Waals surface area contributed by atoms with Gasteiger partial charge in [0.1, 0.15) is 11.9 Å². The Kier molecular flexibility index (Phi) is 6.40. The molecule has 2 saturated heterocycles. The molecule has 2 amide bonds. The smallest absolute Gasteiger partial charge is 0.320 e. The summed E-state index contributed by atoms with van der Waals surface area (Å²) in [5.74, 6) is 0.871. The molecule has 0 aliphatic carbocycles. The molecule has 200 valence electrons. The standard InChI is InChI=1S/C28H31N9O2/c1-19-25(18-33(2)32-19)21-12-24(27-22(13-29)15-31-37(27)16-21)20-4-5-26(30-14-20)34-8-10-35(11-9-34)28(38)36-7-6-23(17-36)39-3/h4-5,12,14-16,18,23H,6-11,17H2,1-3H3. The number of urea groups is 1. The predicted molar refractivity (Wildman–Crippen MR) is 146 cm³/mol. The highest BCUT2D eigenvalue weighted by molar-refractivity contribution is 5.87. The third-order valence-electron chi connectivity index (χ3n) is 7.74. The van der Waals surface area contributed by atoms with E-state index in [2.05, 4.69) is 27.2 Å². The molecule has 6 rings (SSSR count). The number of piperazine rings is 1. The quantitative estimate of drug-likeness (QED) is 0.403. The lowest BCUT2D eigenvalue weighted by atomic mass is 10.0. The van der Waals surface area contributed by atoms with Gasteiger partial charge in [0.15, 0.2) is 0 Å². The van der Waals surface area contributed by atoms with Gasteiger partial charge in [0, 0.05) is 94.3 Å². The first kappa shape index (κ1) is 24.9. The number of aryl methyl sites for hydroxylation is 2. The van der Waals surface area contributed by atoms with Crippen LogP contribution in [-0.2, 0) is 11.8 Å². The molecule has 1 unspecified atom stereocenters. The van der Waals surface area contributed by atoms with Crippen LogP contribution in [0, 0.1) is 18.3 Å². The van der Waals surface area contributed by atoms with Crippen molar-refractivity contribution in [2.24, 2.45) is 7.05 Å². The van der Waals surface area contributed by atoms with Gasteiger partial charge in [0.05, 0.1) is 29.1 Å². The van der Waals surface area contributed by atoms with Gasteiger partial charge in [-0.3, -0.25) is 4.68 Å². The number of amides is 2. The minimum atomic E-state index is 0.0966. The fourth-order valence-corrected chi connectivity index (χ4v) is 5.61. The molecule has 0 radical (unpaired) electrons. The molecular formula is C28H31N9O2. The van der Waals surface area contributed by atoms with Crippen LogP contribution in [-0.4, -0.2) is 92.7 Å². The molecule has 2 fully saturated rings. The van der Waals surface area contributed by atoms with E-state index in [1.54, 1.807) is 22.5 Å². The predicted octanol–water partition coefficient (Wildman–Crippen LogP) is 2.94. The highest BCUT2D eigenvalue weighted by Gasteiger charge is 2.31. The molecule has 11 nitrogen and oxygen atoms in total. The normalized spacial score (nSPS) is 17.7. The number of hydrogen-bond acceptors (Lipinski definition) is 7. The molecule has 0 N–H and O–H groups in total. The number of nitrogens with zero attached hydrogens (tertiary/aromatic N) is 9. The van der Waals surface area contributed by atoms with E-state index < -0.39 is 0 Å². The number of nitriles is 1. The highest BCUT2D eigenvalue weighted by Crippen LogP contribution is 2.33. The largest absolute Gasteiger partial charge is 0.380 e. The lowest BCUT2D eigenvalue weighted by molar-refractivity contribution is 0.105. The number of aromatic nitrogens is 5. The van der Waals surface area contributed by atoms with Gasteiger partial charge in [0.25, 0.3) is 0 Å². The Bertz CT molecular complexity index is 1560. The molecule has 11 heteroatoms. The van der Waals surface area contributed by atoms with Crippen molar-refractivity contribution >= 4 is 17.4 Å². The van der Waals surface area contributed by atoms with Crippen molar-refractivity contribution < 1.29 is 9.53 Å². The molecule has 1 atom stereocenters. The number of ether oxygens (including phenoxy) is 1. The molecular weight excluding hydrogens is 494 g/mol. The van der Waals surface area contributed by atoms with Crippen molar-refractivity contribution in [1.29, 1.82) is 5.26 Å². The molecule has 2 aliphatic rings. The zero-order valence-electron chi connectivity index (χ0n) is 22.4. The van der Waals surface area contributed by atoms with Crippen LogP contribution in [0.5, 0.6) is 0 Å². The molecule has 6 heterocycles. The minimum absolute atomic E-state index is 0.0966.